The standard InChI is InChI=1S/C3H7NO3.BH2O3.Na/c4-2(1-5)3(6)7;2-1(3)4;/h2,5H,1,4H2,(H,6,7);2-3H;/q;-1;+1. The molecular weight excluding hydrogens is 180 g/mol. The molecule has 0 rings (SSSR count). The molecule has 0 aromatic rings. The molecule has 12 heavy (non-hydrogen) atoms. The average Bonchev–Trinajstić information content (AvgIpc) is 1.85. The Hall–Kier alpha value is 0.335. The molecule has 0 saturated carbocycles. The molecule has 1 unspecified atom stereocenters. The van der Waals surface area contributed by atoms with Gasteiger partial charge in [0.15, 0.2) is 0 Å². The molecule has 0 aromatic heterocycles. The minimum Gasteiger partial charge on any atom is -0.832 e. The van der Waals surface area contributed by atoms with Crippen LogP contribution in [0.2, 0.25) is 0 Å². The minimum absolute atomic E-state index is 0. The first-order valence-electron chi connectivity index (χ1n) is 2.53. The second-order valence-corrected chi connectivity index (χ2v) is 1.45. The predicted molar refractivity (Wildman–Crippen MR) is 32.9 cm³/mol. The molecule has 0 saturated heterocycles. The van der Waals surface area contributed by atoms with Crippen LogP contribution in [0.3, 0.4) is 0 Å². The molecule has 0 aliphatic rings. The van der Waals surface area contributed by atoms with E-state index in [9.17, 15) is 4.79 Å². The Kier molecular flexibility index (Phi) is 17.2. The maximum atomic E-state index is 9.65. The van der Waals surface area contributed by atoms with Crippen LogP contribution in [0.1, 0.15) is 0 Å². The van der Waals surface area contributed by atoms with Gasteiger partial charge in [0.2, 0.25) is 0 Å². The van der Waals surface area contributed by atoms with E-state index < -0.39 is 25.9 Å². The molecular formula is C3H9BNNaO6. The van der Waals surface area contributed by atoms with Gasteiger partial charge in [-0.2, -0.15) is 0 Å². The fraction of sp³-hybridized carbons (Fsp3) is 0.667. The number of carboxylic acid groups (broad SMARTS) is 1. The summed E-state index contributed by atoms with van der Waals surface area (Å²) in [7, 11) is -2.42. The molecule has 0 aliphatic carbocycles. The van der Waals surface area contributed by atoms with E-state index in [1.807, 2.05) is 0 Å². The SMILES string of the molecule is NC(CO)C(=O)O.[Na+].[O-]B(O)O. The number of hydrogen-bond donors (Lipinski definition) is 5. The summed E-state index contributed by atoms with van der Waals surface area (Å²) < 4.78 is 0. The summed E-state index contributed by atoms with van der Waals surface area (Å²) in [5.74, 6) is -1.18. The van der Waals surface area contributed by atoms with Gasteiger partial charge in [-0.25, -0.2) is 0 Å². The van der Waals surface area contributed by atoms with Gasteiger partial charge in [-0.1, -0.05) is 0 Å². The van der Waals surface area contributed by atoms with Crippen molar-refractivity contribution in [3.63, 3.8) is 0 Å². The zero-order chi connectivity index (χ0) is 9.44. The third-order valence-corrected chi connectivity index (χ3v) is 0.514. The Morgan fingerprint density at radius 2 is 1.83 bits per heavy atom. The number of nitrogens with two attached hydrogens (primary N) is 1. The van der Waals surface area contributed by atoms with Gasteiger partial charge < -0.3 is 31.0 Å². The molecule has 0 heterocycles. The predicted octanol–water partition coefficient (Wildman–Crippen LogP) is -7.29. The van der Waals surface area contributed by atoms with Crippen LogP contribution in [-0.4, -0.2) is 46.2 Å². The van der Waals surface area contributed by atoms with Gasteiger partial charge in [-0.15, -0.1) is 0 Å². The van der Waals surface area contributed by atoms with Crippen molar-refractivity contribution < 1.29 is 59.6 Å². The van der Waals surface area contributed by atoms with Crippen molar-refractivity contribution in [2.75, 3.05) is 6.61 Å². The Labute approximate surface area is 91.3 Å². The monoisotopic (exact) mass is 189 g/mol. The number of aliphatic carboxylic acids is 1. The molecule has 0 spiro atoms. The summed E-state index contributed by atoms with van der Waals surface area (Å²) >= 11 is 0. The number of aliphatic hydroxyl groups is 1. The van der Waals surface area contributed by atoms with Gasteiger partial charge >= 0.3 is 42.8 Å². The van der Waals surface area contributed by atoms with Crippen LogP contribution in [0.5, 0.6) is 0 Å². The van der Waals surface area contributed by atoms with E-state index in [2.05, 4.69) is 0 Å². The smallest absolute Gasteiger partial charge is 0.832 e. The van der Waals surface area contributed by atoms with Gasteiger partial charge in [0.05, 0.1) is 6.61 Å². The summed E-state index contributed by atoms with van der Waals surface area (Å²) in [5, 5.41) is 38.6. The number of rotatable bonds is 2. The van der Waals surface area contributed by atoms with Crippen LogP contribution >= 0.6 is 0 Å². The Morgan fingerprint density at radius 1 is 1.58 bits per heavy atom. The summed E-state index contributed by atoms with van der Waals surface area (Å²) in [5.41, 5.74) is 4.77. The topological polar surface area (TPSA) is 147 Å². The fourth-order valence-electron chi connectivity index (χ4n) is 0.0781. The molecule has 66 valence electrons. The molecule has 9 heteroatoms. The second kappa shape index (κ2) is 11.3. The van der Waals surface area contributed by atoms with E-state index >= 15 is 0 Å². The van der Waals surface area contributed by atoms with Crippen LogP contribution < -0.4 is 40.3 Å². The molecule has 0 aromatic carbocycles. The zero-order valence-electron chi connectivity index (χ0n) is 6.54. The molecule has 1 atom stereocenters. The first kappa shape index (κ1) is 18.2. The maximum Gasteiger partial charge on any atom is 1.00 e. The molecule has 7 nitrogen and oxygen atoms in total. The molecule has 0 fully saturated rings. The number of aliphatic hydroxyl groups excluding tert-OH is 1. The van der Waals surface area contributed by atoms with Gasteiger partial charge in [-0.05, 0) is 0 Å². The third kappa shape index (κ3) is 22.4. The average molecular weight is 189 g/mol. The normalized spacial score (nSPS) is 10.1. The molecule has 0 radical (unpaired) electrons. The van der Waals surface area contributed by atoms with Crippen molar-refractivity contribution in [1.29, 1.82) is 0 Å². The number of hydrogen-bond acceptors (Lipinski definition) is 6. The van der Waals surface area contributed by atoms with Crippen LogP contribution in [0.25, 0.3) is 0 Å². The van der Waals surface area contributed by atoms with E-state index in [0.717, 1.165) is 0 Å². The van der Waals surface area contributed by atoms with Gasteiger partial charge in [0.25, 0.3) is 0 Å². The molecule has 0 amide bonds. The summed E-state index contributed by atoms with van der Waals surface area (Å²) in [4.78, 5) is 9.65. The van der Waals surface area contributed by atoms with Crippen LogP contribution in [0.4, 0.5) is 0 Å². The van der Waals surface area contributed by atoms with Gasteiger partial charge in [-0.3, -0.25) is 4.79 Å². The van der Waals surface area contributed by atoms with E-state index in [1.54, 1.807) is 0 Å². The van der Waals surface area contributed by atoms with Crippen molar-refractivity contribution in [2.24, 2.45) is 5.73 Å². The number of carbonyl (C=O) groups is 1. The third-order valence-electron chi connectivity index (χ3n) is 0.514. The van der Waals surface area contributed by atoms with Crippen molar-refractivity contribution in [3.8, 4) is 0 Å². The van der Waals surface area contributed by atoms with E-state index in [1.165, 1.54) is 0 Å². The van der Waals surface area contributed by atoms with Crippen molar-refractivity contribution in [2.45, 2.75) is 6.04 Å². The number of carboxylic acids is 1. The quantitative estimate of drug-likeness (QED) is 0.271. The first-order chi connectivity index (χ1) is 4.91. The van der Waals surface area contributed by atoms with Gasteiger partial charge in [0, 0.05) is 0 Å². The van der Waals surface area contributed by atoms with E-state index in [-0.39, 0.29) is 29.6 Å². The Morgan fingerprint density at radius 3 is 1.83 bits per heavy atom. The summed E-state index contributed by atoms with van der Waals surface area (Å²) in [6, 6.07) is -1.13. The summed E-state index contributed by atoms with van der Waals surface area (Å²) in [6.45, 7) is -0.505. The Balaban J connectivity index is -0.000000142. The van der Waals surface area contributed by atoms with Gasteiger partial charge in [0.1, 0.15) is 6.04 Å². The van der Waals surface area contributed by atoms with E-state index in [0.29, 0.717) is 0 Å². The largest absolute Gasteiger partial charge is 1.00 e. The molecule has 6 N–H and O–H groups in total. The molecule has 0 bridgehead atoms. The summed E-state index contributed by atoms with van der Waals surface area (Å²) in [6.07, 6.45) is 0. The van der Waals surface area contributed by atoms with E-state index in [4.69, 9.17) is 31.0 Å². The second-order valence-electron chi connectivity index (χ2n) is 1.45. The fourth-order valence-corrected chi connectivity index (χ4v) is 0.0781. The molecule has 0 aliphatic heterocycles. The zero-order valence-corrected chi connectivity index (χ0v) is 8.54. The first-order valence-corrected chi connectivity index (χ1v) is 2.53. The van der Waals surface area contributed by atoms with Crippen LogP contribution in [-0.2, 0) is 4.79 Å². The van der Waals surface area contributed by atoms with Crippen LogP contribution in [0, 0.1) is 0 Å². The maximum absolute atomic E-state index is 9.65. The van der Waals surface area contributed by atoms with Crippen LogP contribution in [0.15, 0.2) is 0 Å². The van der Waals surface area contributed by atoms with Crippen molar-refractivity contribution in [3.05, 3.63) is 0 Å². The Bertz CT molecular complexity index is 110. The van der Waals surface area contributed by atoms with Crippen molar-refractivity contribution >= 4 is 13.3 Å². The minimum atomic E-state index is -2.42. The van der Waals surface area contributed by atoms with Crippen molar-refractivity contribution in [1.82, 2.24) is 0 Å².